The van der Waals surface area contributed by atoms with Gasteiger partial charge < -0.3 is 5.11 Å². The van der Waals surface area contributed by atoms with Crippen LogP contribution in [0.3, 0.4) is 0 Å². The van der Waals surface area contributed by atoms with E-state index in [9.17, 15) is 4.79 Å². The van der Waals surface area contributed by atoms with Gasteiger partial charge in [0.05, 0.1) is 5.54 Å². The maximum Gasteiger partial charge on any atom is 0.343 e. The van der Waals surface area contributed by atoms with E-state index in [0.29, 0.717) is 18.7 Å². The van der Waals surface area contributed by atoms with E-state index in [1.165, 1.54) is 4.68 Å². The summed E-state index contributed by atoms with van der Waals surface area (Å²) in [7, 11) is 0. The summed E-state index contributed by atoms with van der Waals surface area (Å²) >= 11 is 0. The second-order valence-corrected chi connectivity index (χ2v) is 4.29. The fourth-order valence-electron chi connectivity index (χ4n) is 1.18. The molecule has 0 saturated carbocycles. The van der Waals surface area contributed by atoms with Gasteiger partial charge in [0.25, 0.3) is 0 Å². The fourth-order valence-corrected chi connectivity index (χ4v) is 1.18. The SMILES string of the molecule is CC(C)(C)n1nc(CCCO)[nH]c1=O. The van der Waals surface area contributed by atoms with Crippen molar-refractivity contribution in [2.24, 2.45) is 0 Å². The molecule has 0 saturated heterocycles. The molecule has 80 valence electrons. The van der Waals surface area contributed by atoms with Gasteiger partial charge >= 0.3 is 5.69 Å². The van der Waals surface area contributed by atoms with Crippen molar-refractivity contribution < 1.29 is 5.11 Å². The molecule has 0 amide bonds. The monoisotopic (exact) mass is 199 g/mol. The Morgan fingerprint density at radius 3 is 2.57 bits per heavy atom. The first-order valence-corrected chi connectivity index (χ1v) is 4.74. The highest BCUT2D eigenvalue weighted by atomic mass is 16.3. The Bertz CT molecular complexity index is 346. The smallest absolute Gasteiger partial charge is 0.343 e. The van der Waals surface area contributed by atoms with Gasteiger partial charge in [0.1, 0.15) is 5.82 Å². The predicted molar refractivity (Wildman–Crippen MR) is 53.3 cm³/mol. The number of aromatic nitrogens is 3. The Morgan fingerprint density at radius 1 is 1.50 bits per heavy atom. The molecule has 0 aliphatic rings. The normalized spacial score (nSPS) is 12.0. The highest BCUT2D eigenvalue weighted by Gasteiger charge is 2.18. The van der Waals surface area contributed by atoms with E-state index in [-0.39, 0.29) is 17.8 Å². The summed E-state index contributed by atoms with van der Waals surface area (Å²) in [6, 6.07) is 0. The molecular formula is C9H17N3O2. The zero-order valence-electron chi connectivity index (χ0n) is 8.87. The Kier molecular flexibility index (Phi) is 3.10. The first-order valence-electron chi connectivity index (χ1n) is 4.74. The van der Waals surface area contributed by atoms with Gasteiger partial charge in [-0.3, -0.25) is 4.98 Å². The maximum absolute atomic E-state index is 11.4. The summed E-state index contributed by atoms with van der Waals surface area (Å²) in [6.45, 7) is 5.88. The van der Waals surface area contributed by atoms with Crippen LogP contribution in [0.25, 0.3) is 0 Å². The number of nitrogens with zero attached hydrogens (tertiary/aromatic N) is 2. The van der Waals surface area contributed by atoms with Gasteiger partial charge in [-0.05, 0) is 27.2 Å². The van der Waals surface area contributed by atoms with Gasteiger partial charge in [-0.15, -0.1) is 0 Å². The van der Waals surface area contributed by atoms with E-state index in [1.54, 1.807) is 0 Å². The second kappa shape index (κ2) is 3.96. The summed E-state index contributed by atoms with van der Waals surface area (Å²) < 4.78 is 1.43. The van der Waals surface area contributed by atoms with Crippen molar-refractivity contribution in [3.63, 3.8) is 0 Å². The second-order valence-electron chi connectivity index (χ2n) is 4.29. The molecule has 1 heterocycles. The van der Waals surface area contributed by atoms with Crippen LogP contribution in [-0.4, -0.2) is 26.5 Å². The summed E-state index contributed by atoms with van der Waals surface area (Å²) in [5, 5.41) is 12.8. The summed E-state index contributed by atoms with van der Waals surface area (Å²) in [5.41, 5.74) is -0.490. The number of hydrogen-bond donors (Lipinski definition) is 2. The third-order valence-corrected chi connectivity index (χ3v) is 1.87. The maximum atomic E-state index is 11.4. The molecule has 0 spiro atoms. The van der Waals surface area contributed by atoms with Crippen molar-refractivity contribution in [2.75, 3.05) is 6.61 Å². The average molecular weight is 199 g/mol. The quantitative estimate of drug-likeness (QED) is 0.733. The van der Waals surface area contributed by atoms with Crippen LogP contribution in [0.2, 0.25) is 0 Å². The minimum Gasteiger partial charge on any atom is -0.396 e. The molecule has 5 heteroatoms. The summed E-state index contributed by atoms with van der Waals surface area (Å²) in [6.07, 6.45) is 1.23. The zero-order valence-corrected chi connectivity index (χ0v) is 8.87. The van der Waals surface area contributed by atoms with Gasteiger partial charge in [0, 0.05) is 13.0 Å². The molecule has 0 unspecified atom stereocenters. The summed E-state index contributed by atoms with van der Waals surface area (Å²) in [4.78, 5) is 14.1. The topological polar surface area (TPSA) is 70.9 Å². The molecule has 0 bridgehead atoms. The standard InChI is InChI=1S/C9H17N3O2/c1-9(2,3)12-8(14)10-7(11-12)5-4-6-13/h13H,4-6H2,1-3H3,(H,10,11,14). The molecule has 0 aliphatic carbocycles. The van der Waals surface area contributed by atoms with Crippen LogP contribution >= 0.6 is 0 Å². The highest BCUT2D eigenvalue weighted by molar-refractivity contribution is 4.85. The van der Waals surface area contributed by atoms with Crippen LogP contribution in [0.4, 0.5) is 0 Å². The number of aromatic amines is 1. The minimum absolute atomic E-state index is 0.115. The molecule has 1 rings (SSSR count). The van der Waals surface area contributed by atoms with E-state index in [1.807, 2.05) is 20.8 Å². The number of hydrogen-bond acceptors (Lipinski definition) is 3. The molecule has 5 nitrogen and oxygen atoms in total. The lowest BCUT2D eigenvalue weighted by atomic mass is 10.1. The first kappa shape index (κ1) is 11.0. The Balaban J connectivity index is 2.89. The molecule has 0 radical (unpaired) electrons. The van der Waals surface area contributed by atoms with Crippen molar-refractivity contribution >= 4 is 0 Å². The third-order valence-electron chi connectivity index (χ3n) is 1.87. The molecule has 14 heavy (non-hydrogen) atoms. The fraction of sp³-hybridized carbons (Fsp3) is 0.778. The number of rotatable bonds is 3. The third kappa shape index (κ3) is 2.45. The lowest BCUT2D eigenvalue weighted by molar-refractivity contribution is 0.287. The molecule has 1 aromatic heterocycles. The van der Waals surface area contributed by atoms with Gasteiger partial charge in [-0.2, -0.15) is 5.10 Å². The first-order chi connectivity index (χ1) is 6.45. The molecule has 1 aromatic rings. The number of aliphatic hydroxyl groups excluding tert-OH is 1. The lowest BCUT2D eigenvalue weighted by Crippen LogP contribution is -2.33. The molecule has 0 atom stereocenters. The van der Waals surface area contributed by atoms with E-state index in [0.717, 1.165) is 0 Å². The van der Waals surface area contributed by atoms with Crippen molar-refractivity contribution in [2.45, 2.75) is 39.2 Å². The van der Waals surface area contributed by atoms with Gasteiger partial charge in [0.2, 0.25) is 0 Å². The molecule has 2 N–H and O–H groups in total. The van der Waals surface area contributed by atoms with Crippen LogP contribution in [0.5, 0.6) is 0 Å². The van der Waals surface area contributed by atoms with E-state index >= 15 is 0 Å². The van der Waals surface area contributed by atoms with Crippen LogP contribution in [-0.2, 0) is 12.0 Å². The van der Waals surface area contributed by atoms with Crippen LogP contribution in [0, 0.1) is 0 Å². The number of aryl methyl sites for hydroxylation is 1. The van der Waals surface area contributed by atoms with Gasteiger partial charge in [-0.25, -0.2) is 9.48 Å². The van der Waals surface area contributed by atoms with Gasteiger partial charge in [-0.1, -0.05) is 0 Å². The Hall–Kier alpha value is -1.10. The molecule has 0 fully saturated rings. The molecule has 0 aromatic carbocycles. The summed E-state index contributed by atoms with van der Waals surface area (Å²) in [5.74, 6) is 0.638. The van der Waals surface area contributed by atoms with E-state index < -0.39 is 0 Å². The van der Waals surface area contributed by atoms with Crippen molar-refractivity contribution in [1.29, 1.82) is 0 Å². The van der Waals surface area contributed by atoms with Gasteiger partial charge in [0.15, 0.2) is 0 Å². The largest absolute Gasteiger partial charge is 0.396 e. The zero-order chi connectivity index (χ0) is 10.8. The minimum atomic E-state index is -0.301. The van der Waals surface area contributed by atoms with E-state index in [4.69, 9.17) is 5.11 Å². The van der Waals surface area contributed by atoms with Crippen molar-refractivity contribution in [1.82, 2.24) is 14.8 Å². The van der Waals surface area contributed by atoms with Crippen LogP contribution in [0.15, 0.2) is 4.79 Å². The van der Waals surface area contributed by atoms with E-state index in [2.05, 4.69) is 10.1 Å². The van der Waals surface area contributed by atoms with Crippen molar-refractivity contribution in [3.05, 3.63) is 16.3 Å². The highest BCUT2D eigenvalue weighted by Crippen LogP contribution is 2.08. The lowest BCUT2D eigenvalue weighted by Gasteiger charge is -2.16. The van der Waals surface area contributed by atoms with Crippen LogP contribution in [0.1, 0.15) is 33.0 Å². The molecular weight excluding hydrogens is 182 g/mol. The number of nitrogens with one attached hydrogen (secondary N) is 1. The van der Waals surface area contributed by atoms with Crippen LogP contribution < -0.4 is 5.69 Å². The Morgan fingerprint density at radius 2 is 2.14 bits per heavy atom. The number of H-pyrrole nitrogens is 1. The number of aliphatic hydroxyl groups is 1. The average Bonchev–Trinajstić information content (AvgIpc) is 2.42. The van der Waals surface area contributed by atoms with Crippen molar-refractivity contribution in [3.8, 4) is 0 Å². The molecule has 0 aliphatic heterocycles. The Labute approximate surface area is 82.8 Å². The predicted octanol–water partition coefficient (Wildman–Crippen LogP) is 0.251.